The Hall–Kier alpha value is -3.48. The molecule has 34 heavy (non-hydrogen) atoms. The Morgan fingerprint density at radius 1 is 1.24 bits per heavy atom. The molecule has 4 heterocycles. The number of halogens is 3. The summed E-state index contributed by atoms with van der Waals surface area (Å²) in [6.07, 6.45) is 2.96. The average Bonchev–Trinajstić information content (AvgIpc) is 3.36. The number of amides is 2. The minimum atomic E-state index is -5.08. The third-order valence-electron chi connectivity index (χ3n) is 5.79. The normalized spacial score (nSPS) is 20.9. The number of hydrogen-bond acceptors (Lipinski definition) is 6. The molecule has 0 aliphatic carbocycles. The van der Waals surface area contributed by atoms with Crippen LogP contribution in [0.1, 0.15) is 18.9 Å². The molecule has 1 unspecified atom stereocenters. The average molecular weight is 482 g/mol. The van der Waals surface area contributed by atoms with E-state index in [2.05, 4.69) is 21.0 Å². The number of carboxylic acid groups (broad SMARTS) is 1. The molecule has 2 aliphatic heterocycles. The zero-order valence-electron chi connectivity index (χ0n) is 18.7. The minimum Gasteiger partial charge on any atom is -0.475 e. The first-order valence-corrected chi connectivity index (χ1v) is 10.4. The number of aromatic nitrogens is 3. The molecule has 2 aromatic heterocycles. The Labute approximate surface area is 193 Å². The Morgan fingerprint density at radius 2 is 1.94 bits per heavy atom. The summed E-state index contributed by atoms with van der Waals surface area (Å²) >= 11 is 0. The number of alkyl halides is 3. The molecular formula is C21H25F3N6O4. The van der Waals surface area contributed by atoms with Gasteiger partial charge in [-0.15, -0.1) is 0 Å². The van der Waals surface area contributed by atoms with Crippen LogP contribution in [0.2, 0.25) is 0 Å². The number of carboxylic acids is 1. The molecule has 0 aromatic carbocycles. The van der Waals surface area contributed by atoms with E-state index >= 15 is 0 Å². The molecule has 1 spiro atoms. The van der Waals surface area contributed by atoms with Crippen molar-refractivity contribution in [1.29, 1.82) is 0 Å². The summed E-state index contributed by atoms with van der Waals surface area (Å²) in [6, 6.07) is 4.00. The summed E-state index contributed by atoms with van der Waals surface area (Å²) in [5, 5.41) is 11.3. The van der Waals surface area contributed by atoms with Crippen molar-refractivity contribution in [3.05, 3.63) is 42.5 Å². The standard InChI is InChI=1S/C19H24N6O2.C2HF3O2/c1-15(26)25-12-18(27)24(17-9-21-22(2)11-17)14-19(25)5-7-23(13-19)10-16-4-3-6-20-8-16;3-2(4,5)1(6)7/h3-4,6,8-9,11H,5,7,10,12-14H2,1-2H3;(H,6,7). The predicted molar refractivity (Wildman–Crippen MR) is 114 cm³/mol. The van der Waals surface area contributed by atoms with Crippen LogP contribution in [-0.4, -0.2) is 85.3 Å². The third kappa shape index (κ3) is 5.71. The molecule has 10 nitrogen and oxygen atoms in total. The van der Waals surface area contributed by atoms with Gasteiger partial charge < -0.3 is 14.9 Å². The molecule has 0 bridgehead atoms. The molecule has 2 saturated heterocycles. The van der Waals surface area contributed by atoms with Crippen LogP contribution in [0.3, 0.4) is 0 Å². The Kier molecular flexibility index (Phi) is 7.24. The maximum atomic E-state index is 12.7. The fourth-order valence-corrected chi connectivity index (χ4v) is 4.26. The quantitative estimate of drug-likeness (QED) is 0.702. The Balaban J connectivity index is 0.000000406. The zero-order chi connectivity index (χ0) is 25.1. The first-order chi connectivity index (χ1) is 15.9. The van der Waals surface area contributed by atoms with Gasteiger partial charge in [-0.25, -0.2) is 4.79 Å². The van der Waals surface area contributed by atoms with Crippen LogP contribution in [0.4, 0.5) is 18.9 Å². The molecule has 2 fully saturated rings. The molecule has 2 aromatic rings. The van der Waals surface area contributed by atoms with Crippen LogP contribution in [0, 0.1) is 0 Å². The molecule has 0 saturated carbocycles. The number of carbonyl (C=O) groups is 3. The highest BCUT2D eigenvalue weighted by molar-refractivity contribution is 5.98. The van der Waals surface area contributed by atoms with E-state index in [0.717, 1.165) is 37.3 Å². The molecule has 2 amide bonds. The summed E-state index contributed by atoms with van der Waals surface area (Å²) in [7, 11) is 1.83. The van der Waals surface area contributed by atoms with E-state index in [-0.39, 0.29) is 23.9 Å². The van der Waals surface area contributed by atoms with Crippen molar-refractivity contribution >= 4 is 23.5 Å². The second-order valence-corrected chi connectivity index (χ2v) is 8.31. The second-order valence-electron chi connectivity index (χ2n) is 8.31. The molecule has 1 atom stereocenters. The number of piperazine rings is 1. The van der Waals surface area contributed by atoms with E-state index in [9.17, 15) is 22.8 Å². The summed E-state index contributed by atoms with van der Waals surface area (Å²) in [6.45, 7) is 4.59. The smallest absolute Gasteiger partial charge is 0.475 e. The number of nitrogens with zero attached hydrogens (tertiary/aromatic N) is 6. The van der Waals surface area contributed by atoms with Crippen LogP contribution >= 0.6 is 0 Å². The molecule has 1 N–H and O–H groups in total. The number of anilines is 1. The minimum absolute atomic E-state index is 0.0441. The fraction of sp³-hybridized carbons (Fsp3) is 0.476. The van der Waals surface area contributed by atoms with Crippen molar-refractivity contribution in [2.45, 2.75) is 31.6 Å². The maximum Gasteiger partial charge on any atom is 0.490 e. The number of likely N-dealkylation sites (tertiary alicyclic amines) is 1. The van der Waals surface area contributed by atoms with Crippen LogP contribution in [-0.2, 0) is 28.0 Å². The van der Waals surface area contributed by atoms with Crippen LogP contribution in [0.5, 0.6) is 0 Å². The highest BCUT2D eigenvalue weighted by Gasteiger charge is 2.50. The van der Waals surface area contributed by atoms with Crippen LogP contribution < -0.4 is 4.90 Å². The lowest BCUT2D eigenvalue weighted by Crippen LogP contribution is -2.66. The molecule has 184 valence electrons. The maximum absolute atomic E-state index is 12.7. The van der Waals surface area contributed by atoms with E-state index < -0.39 is 12.1 Å². The van der Waals surface area contributed by atoms with Crippen LogP contribution in [0.25, 0.3) is 0 Å². The summed E-state index contributed by atoms with van der Waals surface area (Å²) in [5.41, 5.74) is 1.58. The van der Waals surface area contributed by atoms with Crippen molar-refractivity contribution < 1.29 is 32.7 Å². The van der Waals surface area contributed by atoms with E-state index in [1.807, 2.05) is 25.5 Å². The van der Waals surface area contributed by atoms with E-state index in [0.29, 0.717) is 6.54 Å². The van der Waals surface area contributed by atoms with Gasteiger partial charge in [0.1, 0.15) is 6.54 Å². The van der Waals surface area contributed by atoms with Gasteiger partial charge in [-0.3, -0.25) is 24.2 Å². The van der Waals surface area contributed by atoms with Gasteiger partial charge in [-0.2, -0.15) is 18.3 Å². The van der Waals surface area contributed by atoms with Gasteiger partial charge in [0.25, 0.3) is 0 Å². The van der Waals surface area contributed by atoms with Crippen molar-refractivity contribution in [2.24, 2.45) is 7.05 Å². The number of carbonyl (C=O) groups excluding carboxylic acids is 2. The summed E-state index contributed by atoms with van der Waals surface area (Å²) < 4.78 is 33.4. The van der Waals surface area contributed by atoms with Gasteiger partial charge in [0, 0.05) is 52.2 Å². The van der Waals surface area contributed by atoms with E-state index in [1.54, 1.807) is 33.8 Å². The Bertz CT molecular complexity index is 1040. The van der Waals surface area contributed by atoms with Crippen molar-refractivity contribution in [1.82, 2.24) is 24.6 Å². The number of hydrogen-bond donors (Lipinski definition) is 1. The molecular weight excluding hydrogens is 457 g/mol. The number of pyridine rings is 1. The monoisotopic (exact) mass is 482 g/mol. The largest absolute Gasteiger partial charge is 0.490 e. The fourth-order valence-electron chi connectivity index (χ4n) is 4.26. The highest BCUT2D eigenvalue weighted by atomic mass is 19.4. The first kappa shape index (κ1) is 25.1. The number of aliphatic carboxylic acids is 1. The van der Waals surface area contributed by atoms with Gasteiger partial charge in [0.2, 0.25) is 11.8 Å². The van der Waals surface area contributed by atoms with Gasteiger partial charge in [-0.05, 0) is 18.1 Å². The second kappa shape index (κ2) is 9.79. The lowest BCUT2D eigenvalue weighted by atomic mass is 9.92. The van der Waals surface area contributed by atoms with E-state index in [4.69, 9.17) is 9.90 Å². The van der Waals surface area contributed by atoms with Crippen LogP contribution in [0.15, 0.2) is 36.9 Å². The SMILES string of the molecule is CC(=O)N1CC(=O)N(c2cnn(C)c2)CC12CCN(Cc1cccnc1)C2.O=C(O)C(F)(F)F. The third-order valence-corrected chi connectivity index (χ3v) is 5.79. The summed E-state index contributed by atoms with van der Waals surface area (Å²) in [5.74, 6) is -2.86. The highest BCUT2D eigenvalue weighted by Crippen LogP contribution is 2.35. The van der Waals surface area contributed by atoms with Gasteiger partial charge >= 0.3 is 12.1 Å². The number of rotatable bonds is 3. The topological polar surface area (TPSA) is 112 Å². The lowest BCUT2D eigenvalue weighted by Gasteiger charge is -2.48. The van der Waals surface area contributed by atoms with Crippen molar-refractivity contribution in [3.63, 3.8) is 0 Å². The molecule has 0 radical (unpaired) electrons. The van der Waals surface area contributed by atoms with Crippen molar-refractivity contribution in [3.8, 4) is 0 Å². The van der Waals surface area contributed by atoms with Crippen molar-refractivity contribution in [2.75, 3.05) is 31.1 Å². The molecule has 13 heteroatoms. The van der Waals surface area contributed by atoms with E-state index in [1.165, 1.54) is 0 Å². The number of aryl methyl sites for hydroxylation is 1. The van der Waals surface area contributed by atoms with Gasteiger partial charge in [0.15, 0.2) is 0 Å². The lowest BCUT2D eigenvalue weighted by molar-refractivity contribution is -0.192. The van der Waals surface area contributed by atoms with Gasteiger partial charge in [-0.1, -0.05) is 6.07 Å². The molecule has 2 aliphatic rings. The Morgan fingerprint density at radius 3 is 2.47 bits per heavy atom. The summed E-state index contributed by atoms with van der Waals surface area (Å²) in [4.78, 5) is 44.0. The predicted octanol–water partition coefficient (Wildman–Crippen LogP) is 1.29. The van der Waals surface area contributed by atoms with Gasteiger partial charge in [0.05, 0.1) is 24.0 Å². The first-order valence-electron chi connectivity index (χ1n) is 10.4. The zero-order valence-corrected chi connectivity index (χ0v) is 18.7. The molecule has 4 rings (SSSR count).